The largest absolute Gasteiger partial charge is 0.347 e. The lowest BCUT2D eigenvalue weighted by atomic mass is 9.99. The molecule has 1 aromatic carbocycles. The van der Waals surface area contributed by atoms with E-state index < -0.39 is 0 Å². The zero-order valence-electron chi connectivity index (χ0n) is 10.3. The van der Waals surface area contributed by atoms with Crippen LogP contribution in [0.3, 0.4) is 0 Å². The molecule has 0 radical (unpaired) electrons. The van der Waals surface area contributed by atoms with Gasteiger partial charge in [-0.15, -0.1) is 0 Å². The van der Waals surface area contributed by atoms with Crippen molar-refractivity contribution in [1.29, 1.82) is 0 Å². The number of hydrogen-bond donors (Lipinski definition) is 1. The molecule has 0 atom stereocenters. The summed E-state index contributed by atoms with van der Waals surface area (Å²) in [6, 6.07) is 5.75. The Morgan fingerprint density at radius 1 is 1.35 bits per heavy atom. The Morgan fingerprint density at radius 2 is 2.00 bits per heavy atom. The van der Waals surface area contributed by atoms with Crippen LogP contribution < -0.4 is 5.32 Å². The number of rotatable bonds is 2. The van der Waals surface area contributed by atoms with Crippen LogP contribution in [-0.2, 0) is 0 Å². The van der Waals surface area contributed by atoms with Gasteiger partial charge in [0.25, 0.3) is 5.91 Å². The Balaban J connectivity index is 2.17. The fraction of sp³-hybridized carbons (Fsp3) is 0.500. The lowest BCUT2D eigenvalue weighted by molar-refractivity contribution is 0.0907. The second-order valence-electron chi connectivity index (χ2n) is 5.13. The number of carbonyl (C=O) groups is 1. The molecule has 2 rings (SSSR count). The van der Waals surface area contributed by atoms with Crippen molar-refractivity contribution in [3.8, 4) is 0 Å². The second-order valence-corrected chi connectivity index (χ2v) is 5.99. The van der Waals surface area contributed by atoms with Gasteiger partial charge in [-0.3, -0.25) is 4.79 Å². The first-order valence-electron chi connectivity index (χ1n) is 6.09. The number of amides is 1. The number of carbonyl (C=O) groups excluding carboxylic acids is 1. The maximum atomic E-state index is 12.2. The van der Waals surface area contributed by atoms with Crippen LogP contribution in [-0.4, -0.2) is 11.4 Å². The maximum Gasteiger partial charge on any atom is 0.252 e. The number of nitrogens with one attached hydrogen (secondary N) is 1. The smallest absolute Gasteiger partial charge is 0.252 e. The Labute approximate surface area is 111 Å². The molecule has 1 aromatic rings. The number of hydrogen-bond acceptors (Lipinski definition) is 1. The van der Waals surface area contributed by atoms with E-state index in [1.165, 1.54) is 12.8 Å². The Kier molecular flexibility index (Phi) is 3.57. The minimum Gasteiger partial charge on any atom is -0.347 e. The summed E-state index contributed by atoms with van der Waals surface area (Å²) in [5.74, 6) is 0.0493. The third kappa shape index (κ3) is 2.71. The summed E-state index contributed by atoms with van der Waals surface area (Å²) >= 11 is 3.46. The summed E-state index contributed by atoms with van der Waals surface area (Å²) in [7, 11) is 0. The zero-order valence-corrected chi connectivity index (χ0v) is 11.9. The van der Waals surface area contributed by atoms with E-state index in [4.69, 9.17) is 0 Å². The molecule has 1 fully saturated rings. The van der Waals surface area contributed by atoms with E-state index in [1.807, 2.05) is 25.1 Å². The topological polar surface area (TPSA) is 29.1 Å². The summed E-state index contributed by atoms with van der Waals surface area (Å²) in [5.41, 5.74) is 1.77. The van der Waals surface area contributed by atoms with Crippen LogP contribution in [0, 0.1) is 6.92 Å². The van der Waals surface area contributed by atoms with E-state index >= 15 is 0 Å². The summed E-state index contributed by atoms with van der Waals surface area (Å²) in [5, 5.41) is 3.18. The first-order chi connectivity index (χ1) is 8.02. The van der Waals surface area contributed by atoms with Gasteiger partial charge in [0.05, 0.1) is 0 Å². The Hall–Kier alpha value is -0.830. The van der Waals surface area contributed by atoms with Gasteiger partial charge in [0, 0.05) is 15.6 Å². The third-order valence-electron chi connectivity index (χ3n) is 3.63. The van der Waals surface area contributed by atoms with Crippen LogP contribution >= 0.6 is 15.9 Å². The lowest BCUT2D eigenvalue weighted by Crippen LogP contribution is -2.43. The van der Waals surface area contributed by atoms with Crippen LogP contribution in [0.5, 0.6) is 0 Å². The number of halogens is 1. The van der Waals surface area contributed by atoms with Gasteiger partial charge in [-0.2, -0.15) is 0 Å². The molecule has 0 aliphatic heterocycles. The Bertz CT molecular complexity index is 436. The maximum absolute atomic E-state index is 12.2. The molecule has 0 unspecified atom stereocenters. The monoisotopic (exact) mass is 295 g/mol. The molecule has 1 N–H and O–H groups in total. The molecule has 17 heavy (non-hydrogen) atoms. The van der Waals surface area contributed by atoms with E-state index in [2.05, 4.69) is 28.2 Å². The molecule has 92 valence electrons. The molecule has 1 aliphatic carbocycles. The van der Waals surface area contributed by atoms with Crippen molar-refractivity contribution < 1.29 is 4.79 Å². The first kappa shape index (κ1) is 12.6. The summed E-state index contributed by atoms with van der Waals surface area (Å²) < 4.78 is 0.988. The van der Waals surface area contributed by atoms with Crippen molar-refractivity contribution in [2.24, 2.45) is 0 Å². The van der Waals surface area contributed by atoms with Crippen molar-refractivity contribution >= 4 is 21.8 Å². The summed E-state index contributed by atoms with van der Waals surface area (Å²) in [6.45, 7) is 4.11. The van der Waals surface area contributed by atoms with E-state index in [1.54, 1.807) is 0 Å². The molecule has 0 heterocycles. The number of benzene rings is 1. The van der Waals surface area contributed by atoms with Crippen molar-refractivity contribution in [3.05, 3.63) is 33.8 Å². The van der Waals surface area contributed by atoms with Crippen molar-refractivity contribution in [1.82, 2.24) is 5.32 Å². The van der Waals surface area contributed by atoms with Crippen LogP contribution in [0.4, 0.5) is 0 Å². The first-order valence-corrected chi connectivity index (χ1v) is 6.89. The van der Waals surface area contributed by atoms with Crippen LogP contribution in [0.25, 0.3) is 0 Å². The Morgan fingerprint density at radius 3 is 2.65 bits per heavy atom. The molecule has 3 heteroatoms. The molecule has 0 saturated heterocycles. The molecule has 0 bridgehead atoms. The van der Waals surface area contributed by atoms with Gasteiger partial charge >= 0.3 is 0 Å². The molecule has 2 nitrogen and oxygen atoms in total. The van der Waals surface area contributed by atoms with Gasteiger partial charge in [-0.25, -0.2) is 0 Å². The van der Waals surface area contributed by atoms with E-state index in [9.17, 15) is 4.79 Å². The lowest BCUT2D eigenvalue weighted by Gasteiger charge is -2.25. The average molecular weight is 296 g/mol. The van der Waals surface area contributed by atoms with Gasteiger partial charge < -0.3 is 5.32 Å². The summed E-state index contributed by atoms with van der Waals surface area (Å²) in [4.78, 5) is 12.2. The fourth-order valence-electron chi connectivity index (χ4n) is 2.48. The highest BCUT2D eigenvalue weighted by molar-refractivity contribution is 9.10. The minimum atomic E-state index is -0.00809. The highest BCUT2D eigenvalue weighted by atomic mass is 79.9. The highest BCUT2D eigenvalue weighted by Crippen LogP contribution is 2.29. The van der Waals surface area contributed by atoms with Crippen LogP contribution in [0.15, 0.2) is 22.7 Å². The zero-order chi connectivity index (χ0) is 12.5. The second kappa shape index (κ2) is 4.81. The predicted octanol–water partition coefficient (Wildman–Crippen LogP) is 3.82. The normalized spacial score (nSPS) is 18.1. The minimum absolute atomic E-state index is 0.00809. The molecule has 1 amide bonds. The van der Waals surface area contributed by atoms with Crippen molar-refractivity contribution in [2.75, 3.05) is 0 Å². The molecule has 0 aromatic heterocycles. The van der Waals surface area contributed by atoms with E-state index in [0.717, 1.165) is 28.4 Å². The standard InChI is InChI=1S/C14H18BrNO/c1-10-11(6-5-7-12(10)15)13(17)16-14(2)8-3-4-9-14/h5-7H,3-4,8-9H2,1-2H3,(H,16,17). The van der Waals surface area contributed by atoms with Crippen molar-refractivity contribution in [3.63, 3.8) is 0 Å². The SMILES string of the molecule is Cc1c(Br)cccc1C(=O)NC1(C)CCCC1. The summed E-state index contributed by atoms with van der Waals surface area (Å²) in [6.07, 6.45) is 4.61. The predicted molar refractivity (Wildman–Crippen MR) is 73.2 cm³/mol. The fourth-order valence-corrected chi connectivity index (χ4v) is 2.84. The van der Waals surface area contributed by atoms with E-state index in [-0.39, 0.29) is 11.4 Å². The molecular formula is C14H18BrNO. The highest BCUT2D eigenvalue weighted by Gasteiger charge is 2.30. The van der Waals surface area contributed by atoms with Crippen LogP contribution in [0.2, 0.25) is 0 Å². The van der Waals surface area contributed by atoms with E-state index in [0.29, 0.717) is 0 Å². The van der Waals surface area contributed by atoms with Gasteiger partial charge in [-0.1, -0.05) is 34.8 Å². The third-order valence-corrected chi connectivity index (χ3v) is 4.49. The molecule has 1 saturated carbocycles. The quantitative estimate of drug-likeness (QED) is 0.883. The molecule has 1 aliphatic rings. The van der Waals surface area contributed by atoms with Gasteiger partial charge in [0.1, 0.15) is 0 Å². The molecule has 0 spiro atoms. The van der Waals surface area contributed by atoms with Crippen molar-refractivity contribution in [2.45, 2.75) is 45.1 Å². The average Bonchev–Trinajstić information content (AvgIpc) is 2.68. The van der Waals surface area contributed by atoms with Gasteiger partial charge in [0.15, 0.2) is 0 Å². The van der Waals surface area contributed by atoms with Crippen LogP contribution in [0.1, 0.15) is 48.5 Å². The molecular weight excluding hydrogens is 278 g/mol. The van der Waals surface area contributed by atoms with Gasteiger partial charge in [-0.05, 0) is 44.4 Å². The van der Waals surface area contributed by atoms with Gasteiger partial charge in [0.2, 0.25) is 0 Å².